The number of nitrogens with one attached hydrogen (secondary N) is 2. The van der Waals surface area contributed by atoms with Gasteiger partial charge in [0.2, 0.25) is 6.35 Å². The van der Waals surface area contributed by atoms with Gasteiger partial charge >= 0.3 is 0 Å². The predicted octanol–water partition coefficient (Wildman–Crippen LogP) is 1.06. The van der Waals surface area contributed by atoms with Crippen LogP contribution in [0.25, 0.3) is 0 Å². The highest BCUT2D eigenvalue weighted by atomic mass is 16.5. The summed E-state index contributed by atoms with van der Waals surface area (Å²) >= 11 is 0. The average Bonchev–Trinajstić information content (AvgIpc) is 2.27. The molecule has 0 aliphatic carbocycles. The Kier molecular flexibility index (Phi) is 1.05. The quantitative estimate of drug-likeness (QED) is 0.578. The molecule has 0 saturated heterocycles. The molecule has 2 N–H and O–H groups in total. The summed E-state index contributed by atoms with van der Waals surface area (Å²) in [6.07, 6.45) is -0.627. The lowest BCUT2D eigenvalue weighted by atomic mass is 10.3. The molecule has 1 aromatic carbocycles. The van der Waals surface area contributed by atoms with Crippen molar-refractivity contribution in [1.82, 2.24) is 5.73 Å². The van der Waals surface area contributed by atoms with Crippen molar-refractivity contribution in [3.05, 3.63) is 24.3 Å². The highest BCUT2D eigenvalue weighted by Gasteiger charge is 2.16. The second-order valence-electron chi connectivity index (χ2n) is 2.14. The molecule has 51 valence electrons. The standard InChI is InChI=1S/C7H7N2O/c8-7-9-5-3-1-2-4-6(5)10-7/h1-4,7-9H. The first-order valence-electron chi connectivity index (χ1n) is 3.09. The Hall–Kier alpha value is -1.22. The van der Waals surface area contributed by atoms with Crippen LogP contribution in [-0.2, 0) is 0 Å². The molecule has 0 spiro atoms. The van der Waals surface area contributed by atoms with E-state index in [1.165, 1.54) is 0 Å². The summed E-state index contributed by atoms with van der Waals surface area (Å²) in [5, 5.41) is 2.84. The number of hydrogen-bond acceptors (Lipinski definition) is 2. The molecule has 0 fully saturated rings. The van der Waals surface area contributed by atoms with Crippen molar-refractivity contribution in [2.45, 2.75) is 6.35 Å². The fourth-order valence-corrected chi connectivity index (χ4v) is 0.986. The monoisotopic (exact) mass is 135 g/mol. The Labute approximate surface area is 58.8 Å². The van der Waals surface area contributed by atoms with E-state index in [1.54, 1.807) is 0 Å². The molecule has 1 radical (unpaired) electrons. The van der Waals surface area contributed by atoms with E-state index in [1.807, 2.05) is 24.3 Å². The van der Waals surface area contributed by atoms with Crippen LogP contribution in [-0.4, -0.2) is 6.35 Å². The fraction of sp³-hybridized carbons (Fsp3) is 0.143. The summed E-state index contributed by atoms with van der Waals surface area (Å²) in [5.74, 6) is 0.766. The van der Waals surface area contributed by atoms with Gasteiger partial charge in [-0.3, -0.25) is 0 Å². The van der Waals surface area contributed by atoms with E-state index in [0.29, 0.717) is 0 Å². The van der Waals surface area contributed by atoms with E-state index in [4.69, 9.17) is 10.5 Å². The lowest BCUT2D eigenvalue weighted by Crippen LogP contribution is -2.20. The van der Waals surface area contributed by atoms with Crippen LogP contribution in [0.5, 0.6) is 5.75 Å². The van der Waals surface area contributed by atoms with Gasteiger partial charge in [-0.1, -0.05) is 12.1 Å². The Morgan fingerprint density at radius 2 is 2.20 bits per heavy atom. The highest BCUT2D eigenvalue weighted by Crippen LogP contribution is 2.29. The predicted molar refractivity (Wildman–Crippen MR) is 37.6 cm³/mol. The van der Waals surface area contributed by atoms with Crippen LogP contribution in [0.2, 0.25) is 0 Å². The minimum absolute atomic E-state index is 0.627. The number of rotatable bonds is 0. The molecule has 1 aliphatic rings. The maximum absolute atomic E-state index is 7.18. The third-order valence-electron chi connectivity index (χ3n) is 1.42. The largest absolute Gasteiger partial charge is 0.454 e. The Bertz CT molecular complexity index is 224. The van der Waals surface area contributed by atoms with E-state index in [-0.39, 0.29) is 0 Å². The average molecular weight is 135 g/mol. The molecule has 3 heteroatoms. The van der Waals surface area contributed by atoms with Crippen LogP contribution in [0.4, 0.5) is 5.69 Å². The summed E-state index contributed by atoms with van der Waals surface area (Å²) in [6, 6.07) is 7.53. The number of ether oxygens (including phenoxy) is 1. The Balaban J connectivity index is 2.42. The van der Waals surface area contributed by atoms with E-state index >= 15 is 0 Å². The van der Waals surface area contributed by atoms with Gasteiger partial charge in [-0.05, 0) is 12.1 Å². The van der Waals surface area contributed by atoms with E-state index in [0.717, 1.165) is 11.4 Å². The SMILES string of the molecule is [NH]C1Nc2ccccc2O1. The fourth-order valence-electron chi connectivity index (χ4n) is 0.986. The normalized spacial score (nSPS) is 21.1. The van der Waals surface area contributed by atoms with E-state index < -0.39 is 6.35 Å². The molecule has 0 amide bonds. The molecule has 0 aromatic heterocycles. The van der Waals surface area contributed by atoms with Crippen molar-refractivity contribution in [3.63, 3.8) is 0 Å². The van der Waals surface area contributed by atoms with Gasteiger partial charge in [-0.2, -0.15) is 5.73 Å². The number of hydrogen-bond donors (Lipinski definition) is 1. The summed E-state index contributed by atoms with van der Waals surface area (Å²) in [4.78, 5) is 0. The zero-order valence-corrected chi connectivity index (χ0v) is 5.29. The van der Waals surface area contributed by atoms with Crippen molar-refractivity contribution in [2.75, 3.05) is 5.32 Å². The van der Waals surface area contributed by atoms with E-state index in [2.05, 4.69) is 5.32 Å². The maximum Gasteiger partial charge on any atom is 0.240 e. The minimum Gasteiger partial charge on any atom is -0.454 e. The second-order valence-corrected chi connectivity index (χ2v) is 2.14. The van der Waals surface area contributed by atoms with Gasteiger partial charge in [-0.15, -0.1) is 0 Å². The number of anilines is 1. The third kappa shape index (κ3) is 0.717. The van der Waals surface area contributed by atoms with Crippen LogP contribution in [0, 0.1) is 0 Å². The first-order chi connectivity index (χ1) is 4.86. The molecule has 10 heavy (non-hydrogen) atoms. The molecule has 1 aromatic rings. The Morgan fingerprint density at radius 1 is 1.40 bits per heavy atom. The molecule has 0 bridgehead atoms. The second kappa shape index (κ2) is 1.88. The highest BCUT2D eigenvalue weighted by molar-refractivity contribution is 5.59. The zero-order valence-electron chi connectivity index (χ0n) is 5.29. The minimum atomic E-state index is -0.627. The molecule has 1 aliphatic heterocycles. The van der Waals surface area contributed by atoms with Crippen LogP contribution in [0.15, 0.2) is 24.3 Å². The van der Waals surface area contributed by atoms with Gasteiger partial charge in [-0.25, -0.2) is 0 Å². The van der Waals surface area contributed by atoms with Gasteiger partial charge in [0.25, 0.3) is 0 Å². The summed E-state index contributed by atoms with van der Waals surface area (Å²) in [5.41, 5.74) is 8.09. The molecular formula is C7H7N2O. The van der Waals surface area contributed by atoms with Gasteiger partial charge in [0.15, 0.2) is 0 Å². The summed E-state index contributed by atoms with van der Waals surface area (Å²) in [6.45, 7) is 0. The molecule has 0 saturated carbocycles. The molecule has 1 heterocycles. The Morgan fingerprint density at radius 3 is 3.00 bits per heavy atom. The molecule has 1 atom stereocenters. The molecular weight excluding hydrogens is 128 g/mol. The van der Waals surface area contributed by atoms with Crippen molar-refractivity contribution in [3.8, 4) is 5.75 Å². The van der Waals surface area contributed by atoms with Crippen molar-refractivity contribution >= 4 is 5.69 Å². The van der Waals surface area contributed by atoms with Crippen LogP contribution in [0.3, 0.4) is 0 Å². The van der Waals surface area contributed by atoms with Crippen LogP contribution in [0.1, 0.15) is 0 Å². The molecule has 1 unspecified atom stereocenters. The van der Waals surface area contributed by atoms with Crippen molar-refractivity contribution < 1.29 is 4.74 Å². The third-order valence-corrected chi connectivity index (χ3v) is 1.42. The summed E-state index contributed by atoms with van der Waals surface area (Å²) in [7, 11) is 0. The zero-order chi connectivity index (χ0) is 6.97. The van der Waals surface area contributed by atoms with Crippen LogP contribution < -0.4 is 15.8 Å². The molecule has 2 rings (SSSR count). The lowest BCUT2D eigenvalue weighted by molar-refractivity contribution is 0.254. The van der Waals surface area contributed by atoms with Gasteiger partial charge in [0.05, 0.1) is 5.69 Å². The number of para-hydroxylation sites is 2. The van der Waals surface area contributed by atoms with Crippen LogP contribution >= 0.6 is 0 Å². The summed E-state index contributed by atoms with van der Waals surface area (Å²) < 4.78 is 5.06. The van der Waals surface area contributed by atoms with Gasteiger partial charge in [0.1, 0.15) is 5.75 Å². The number of benzene rings is 1. The lowest BCUT2D eigenvalue weighted by Gasteiger charge is -1.99. The first kappa shape index (κ1) is 5.56. The van der Waals surface area contributed by atoms with Crippen molar-refractivity contribution in [2.24, 2.45) is 0 Å². The smallest absolute Gasteiger partial charge is 0.240 e. The molecule has 3 nitrogen and oxygen atoms in total. The maximum atomic E-state index is 7.18. The van der Waals surface area contributed by atoms with Gasteiger partial charge < -0.3 is 10.1 Å². The topological polar surface area (TPSA) is 45.1 Å². The van der Waals surface area contributed by atoms with Gasteiger partial charge in [0, 0.05) is 0 Å². The number of fused-ring (bicyclic) bond motifs is 1. The van der Waals surface area contributed by atoms with E-state index in [9.17, 15) is 0 Å². The van der Waals surface area contributed by atoms with Crippen molar-refractivity contribution in [1.29, 1.82) is 0 Å². The first-order valence-corrected chi connectivity index (χ1v) is 3.09.